The van der Waals surface area contributed by atoms with Crippen molar-refractivity contribution in [2.45, 2.75) is 25.8 Å². The summed E-state index contributed by atoms with van der Waals surface area (Å²) < 4.78 is 5.54. The van der Waals surface area contributed by atoms with Crippen LogP contribution in [0.15, 0.2) is 30.4 Å². The number of rotatable bonds is 3. The van der Waals surface area contributed by atoms with Gasteiger partial charge in [-0.3, -0.25) is 4.79 Å². The molecular weight excluding hydrogens is 258 g/mol. The second-order valence-electron chi connectivity index (χ2n) is 5.30. The van der Waals surface area contributed by atoms with E-state index >= 15 is 0 Å². The Morgan fingerprint density at radius 1 is 1.45 bits per heavy atom. The highest BCUT2D eigenvalue weighted by molar-refractivity contribution is 6.10. The molecule has 0 fully saturated rings. The second-order valence-corrected chi connectivity index (χ2v) is 5.30. The number of carbonyl (C=O) groups excluding carboxylic acids is 1. The molecule has 20 heavy (non-hydrogen) atoms. The summed E-state index contributed by atoms with van der Waals surface area (Å²) in [5.41, 5.74) is 0.477. The minimum atomic E-state index is -1.10. The molecule has 0 unspecified atom stereocenters. The molecule has 0 bridgehead atoms. The topological polar surface area (TPSA) is 75.6 Å². The zero-order valence-corrected chi connectivity index (χ0v) is 11.5. The summed E-state index contributed by atoms with van der Waals surface area (Å²) >= 11 is 0. The molecule has 0 amide bonds. The largest absolute Gasteiger partial charge is 0.492 e. The molecule has 0 saturated carbocycles. The molecule has 0 atom stereocenters. The number of anilines is 1. The van der Waals surface area contributed by atoms with Gasteiger partial charge < -0.3 is 15.2 Å². The molecule has 0 saturated heterocycles. The smallest absolute Gasteiger partial charge is 0.328 e. The van der Waals surface area contributed by atoms with Crippen LogP contribution in [0.4, 0.5) is 5.69 Å². The van der Waals surface area contributed by atoms with Gasteiger partial charge in [0.25, 0.3) is 0 Å². The Morgan fingerprint density at radius 3 is 2.80 bits per heavy atom. The Bertz CT molecular complexity index is 590. The summed E-state index contributed by atoms with van der Waals surface area (Å²) in [5.74, 6) is -0.626. The van der Waals surface area contributed by atoms with E-state index in [0.717, 1.165) is 0 Å². The van der Waals surface area contributed by atoms with Crippen LogP contribution in [0.25, 0.3) is 0 Å². The summed E-state index contributed by atoms with van der Waals surface area (Å²) in [6.45, 7) is 7.26. The van der Waals surface area contributed by atoms with Crippen molar-refractivity contribution in [1.29, 1.82) is 0 Å². The number of hydrogen-bond donors (Lipinski definition) is 2. The maximum Gasteiger partial charge on any atom is 0.328 e. The van der Waals surface area contributed by atoms with Crippen molar-refractivity contribution in [3.05, 3.63) is 35.9 Å². The van der Waals surface area contributed by atoms with Crippen LogP contribution in [0.1, 0.15) is 30.6 Å². The lowest BCUT2D eigenvalue weighted by atomic mass is 10.0. The number of Topliss-reactive ketones (excluding diaryl/α,β-unsaturated/α-hetero) is 1. The molecule has 106 valence electrons. The van der Waals surface area contributed by atoms with Gasteiger partial charge in [-0.2, -0.15) is 0 Å². The monoisotopic (exact) mass is 275 g/mol. The van der Waals surface area contributed by atoms with E-state index in [1.807, 2.05) is 0 Å². The summed E-state index contributed by atoms with van der Waals surface area (Å²) in [6.07, 6.45) is 0.497. The summed E-state index contributed by atoms with van der Waals surface area (Å²) in [6, 6.07) is 4.95. The third-order valence-corrected chi connectivity index (χ3v) is 3.20. The molecule has 0 aliphatic carbocycles. The Morgan fingerprint density at radius 2 is 2.15 bits per heavy atom. The van der Waals surface area contributed by atoms with Crippen molar-refractivity contribution in [1.82, 2.24) is 0 Å². The van der Waals surface area contributed by atoms with Crippen LogP contribution in [0.5, 0.6) is 5.75 Å². The standard InChI is InChI=1S/C15H17NO4/c1-9-6-7-20-12-8-10(4-5-11(12)13(9)17)16-15(2,3)14(18)19/h4-5,8,16H,1,6-7H2,2-3H3,(H,18,19). The van der Waals surface area contributed by atoms with E-state index in [-0.39, 0.29) is 5.78 Å². The molecule has 1 aliphatic heterocycles. The first-order valence-corrected chi connectivity index (χ1v) is 6.32. The van der Waals surface area contributed by atoms with Gasteiger partial charge in [0.15, 0.2) is 5.78 Å². The van der Waals surface area contributed by atoms with Crippen molar-refractivity contribution in [3.63, 3.8) is 0 Å². The van der Waals surface area contributed by atoms with E-state index < -0.39 is 11.5 Å². The molecule has 5 nitrogen and oxygen atoms in total. The number of carbonyl (C=O) groups is 2. The molecular formula is C15H17NO4. The average Bonchev–Trinajstić information content (AvgIpc) is 2.49. The highest BCUT2D eigenvalue weighted by Gasteiger charge is 2.27. The Labute approximate surface area is 117 Å². The SMILES string of the molecule is C=C1CCOc2cc(NC(C)(C)C(=O)O)ccc2C1=O. The van der Waals surface area contributed by atoms with E-state index in [1.165, 1.54) is 0 Å². The van der Waals surface area contributed by atoms with Gasteiger partial charge in [0.2, 0.25) is 0 Å². The fraction of sp³-hybridized carbons (Fsp3) is 0.333. The maximum absolute atomic E-state index is 12.0. The van der Waals surface area contributed by atoms with Gasteiger partial charge >= 0.3 is 5.97 Å². The van der Waals surface area contributed by atoms with Crippen LogP contribution in [-0.2, 0) is 4.79 Å². The first-order valence-electron chi connectivity index (χ1n) is 6.32. The predicted octanol–water partition coefficient (Wildman–Crippen LogP) is 2.48. The van der Waals surface area contributed by atoms with Gasteiger partial charge in [-0.1, -0.05) is 6.58 Å². The number of ketones is 1. The fourth-order valence-electron chi connectivity index (χ4n) is 1.91. The van der Waals surface area contributed by atoms with E-state index in [4.69, 9.17) is 9.84 Å². The highest BCUT2D eigenvalue weighted by Crippen LogP contribution is 2.30. The van der Waals surface area contributed by atoms with Crippen molar-refractivity contribution in [3.8, 4) is 5.75 Å². The van der Waals surface area contributed by atoms with Crippen LogP contribution >= 0.6 is 0 Å². The first-order chi connectivity index (χ1) is 9.31. The Balaban J connectivity index is 2.33. The molecule has 1 aliphatic rings. The molecule has 2 rings (SSSR count). The minimum absolute atomic E-state index is 0.124. The number of nitrogens with one attached hydrogen (secondary N) is 1. The molecule has 0 spiro atoms. The second kappa shape index (κ2) is 5.00. The molecule has 1 aromatic carbocycles. The lowest BCUT2D eigenvalue weighted by Crippen LogP contribution is -2.39. The van der Waals surface area contributed by atoms with Crippen LogP contribution in [0.2, 0.25) is 0 Å². The van der Waals surface area contributed by atoms with E-state index in [2.05, 4.69) is 11.9 Å². The van der Waals surface area contributed by atoms with Crippen LogP contribution in [-0.4, -0.2) is 29.0 Å². The number of aliphatic carboxylic acids is 1. The van der Waals surface area contributed by atoms with Gasteiger partial charge in [-0.25, -0.2) is 4.79 Å². The zero-order valence-electron chi connectivity index (χ0n) is 11.5. The Kier molecular flexibility index (Phi) is 3.53. The van der Waals surface area contributed by atoms with Crippen molar-refractivity contribution in [2.75, 3.05) is 11.9 Å². The number of hydrogen-bond acceptors (Lipinski definition) is 4. The summed E-state index contributed by atoms with van der Waals surface area (Å²) in [4.78, 5) is 23.2. The van der Waals surface area contributed by atoms with Gasteiger partial charge in [0.1, 0.15) is 11.3 Å². The molecule has 5 heteroatoms. The minimum Gasteiger partial charge on any atom is -0.492 e. The fourth-order valence-corrected chi connectivity index (χ4v) is 1.91. The van der Waals surface area contributed by atoms with Gasteiger partial charge in [-0.15, -0.1) is 0 Å². The van der Waals surface area contributed by atoms with Gasteiger partial charge in [0, 0.05) is 18.2 Å². The summed E-state index contributed by atoms with van der Waals surface area (Å²) in [7, 11) is 0. The first kappa shape index (κ1) is 14.1. The van der Waals surface area contributed by atoms with Gasteiger partial charge in [-0.05, 0) is 31.6 Å². The normalized spacial score (nSPS) is 15.1. The van der Waals surface area contributed by atoms with E-state index in [0.29, 0.717) is 35.6 Å². The lowest BCUT2D eigenvalue weighted by Gasteiger charge is -2.23. The zero-order chi connectivity index (χ0) is 14.9. The molecule has 1 heterocycles. The number of carboxylic acid groups (broad SMARTS) is 1. The number of benzene rings is 1. The molecule has 2 N–H and O–H groups in total. The van der Waals surface area contributed by atoms with Crippen molar-refractivity contribution < 1.29 is 19.4 Å². The third-order valence-electron chi connectivity index (χ3n) is 3.20. The van der Waals surface area contributed by atoms with Gasteiger partial charge in [0.05, 0.1) is 12.2 Å². The number of ether oxygens (including phenoxy) is 1. The maximum atomic E-state index is 12.0. The average molecular weight is 275 g/mol. The van der Waals surface area contributed by atoms with Crippen LogP contribution in [0.3, 0.4) is 0 Å². The third kappa shape index (κ3) is 2.66. The predicted molar refractivity (Wildman–Crippen MR) is 75.4 cm³/mol. The van der Waals surface area contributed by atoms with Crippen molar-refractivity contribution >= 4 is 17.4 Å². The molecule has 1 aromatic rings. The molecule has 0 aromatic heterocycles. The lowest BCUT2D eigenvalue weighted by molar-refractivity contribution is -0.141. The Hall–Kier alpha value is -2.30. The van der Waals surface area contributed by atoms with E-state index in [9.17, 15) is 9.59 Å². The number of fused-ring (bicyclic) bond motifs is 1. The quantitative estimate of drug-likeness (QED) is 0.829. The highest BCUT2D eigenvalue weighted by atomic mass is 16.5. The van der Waals surface area contributed by atoms with E-state index in [1.54, 1.807) is 32.0 Å². The van der Waals surface area contributed by atoms with Crippen molar-refractivity contribution in [2.24, 2.45) is 0 Å². The molecule has 0 radical (unpaired) electrons. The van der Waals surface area contributed by atoms with Crippen LogP contribution < -0.4 is 10.1 Å². The summed E-state index contributed by atoms with van der Waals surface area (Å²) in [5, 5.41) is 12.0. The number of carboxylic acids is 1. The van der Waals surface area contributed by atoms with Crippen LogP contribution in [0, 0.1) is 0 Å².